The summed E-state index contributed by atoms with van der Waals surface area (Å²) in [6, 6.07) is 10.5. The van der Waals surface area contributed by atoms with Crippen molar-refractivity contribution in [1.29, 1.82) is 0 Å². The zero-order chi connectivity index (χ0) is 26.8. The number of ether oxygens (including phenoxy) is 2. The zero-order valence-corrected chi connectivity index (χ0v) is 21.7. The molecule has 9 heteroatoms. The molecule has 0 amide bonds. The standard InChI is InChI=1S/C29H30N4O5/c1-17-14-20-11-12-30-16-22(20)28(31-17)38-21-9-7-19(8-10-21)15-23(29(36)37-3)32-24-25(27(35)26(24)34)33-13-5-4-6-18(33)2/h7-12,14,16,18,23,32H,4-6,13,15H2,1-3H3/t18-,23?/m0/s1. The number of nitrogens with zero attached hydrogens (tertiary/aromatic N) is 3. The predicted octanol–water partition coefficient (Wildman–Crippen LogP) is 3.90. The Hall–Kier alpha value is -4.27. The maximum Gasteiger partial charge on any atom is 0.328 e. The van der Waals surface area contributed by atoms with Crippen molar-refractivity contribution in [3.63, 3.8) is 0 Å². The van der Waals surface area contributed by atoms with Gasteiger partial charge in [0.25, 0.3) is 10.9 Å². The number of methoxy groups -OCH3 is 1. The molecule has 0 radical (unpaired) electrons. The fourth-order valence-corrected chi connectivity index (χ4v) is 5.03. The van der Waals surface area contributed by atoms with Gasteiger partial charge in [0.1, 0.15) is 23.2 Å². The number of fused-ring (bicyclic) bond motifs is 1. The van der Waals surface area contributed by atoms with Gasteiger partial charge in [0.15, 0.2) is 0 Å². The molecule has 0 spiro atoms. The minimum absolute atomic E-state index is 0.160. The number of piperidine rings is 1. The molecule has 1 saturated heterocycles. The Morgan fingerprint density at radius 2 is 1.95 bits per heavy atom. The minimum Gasteiger partial charge on any atom is -0.467 e. The second kappa shape index (κ2) is 10.6. The fourth-order valence-electron chi connectivity index (χ4n) is 5.03. The highest BCUT2D eigenvalue weighted by molar-refractivity contribution is 5.86. The SMILES string of the molecule is COC(=O)C(Cc1ccc(Oc2nc(C)cc3ccncc23)cc1)Nc1c(N2CCCC[C@@H]2C)c(=O)c1=O. The normalized spacial score (nSPS) is 16.4. The second-order valence-electron chi connectivity index (χ2n) is 9.76. The summed E-state index contributed by atoms with van der Waals surface area (Å²) < 4.78 is 11.1. The largest absolute Gasteiger partial charge is 0.467 e. The molecule has 1 aliphatic rings. The number of aryl methyl sites for hydroxylation is 1. The molecule has 1 unspecified atom stereocenters. The van der Waals surface area contributed by atoms with Gasteiger partial charge < -0.3 is 19.7 Å². The van der Waals surface area contributed by atoms with Crippen LogP contribution in [0, 0.1) is 6.92 Å². The van der Waals surface area contributed by atoms with Gasteiger partial charge in [-0.25, -0.2) is 9.78 Å². The zero-order valence-electron chi connectivity index (χ0n) is 21.7. The Morgan fingerprint density at radius 3 is 2.68 bits per heavy atom. The van der Waals surface area contributed by atoms with Crippen molar-refractivity contribution in [3.8, 4) is 11.6 Å². The lowest BCUT2D eigenvalue weighted by Gasteiger charge is -2.37. The van der Waals surface area contributed by atoms with E-state index in [0.29, 0.717) is 23.9 Å². The molecule has 3 heterocycles. The molecule has 1 aliphatic heterocycles. The number of rotatable bonds is 8. The smallest absolute Gasteiger partial charge is 0.328 e. The van der Waals surface area contributed by atoms with E-state index in [1.54, 1.807) is 24.5 Å². The van der Waals surface area contributed by atoms with Gasteiger partial charge in [-0.15, -0.1) is 0 Å². The molecule has 0 aliphatic carbocycles. The number of carbonyl (C=O) groups is 1. The Morgan fingerprint density at radius 1 is 1.16 bits per heavy atom. The van der Waals surface area contributed by atoms with Gasteiger partial charge in [0.2, 0.25) is 5.88 Å². The van der Waals surface area contributed by atoms with Crippen molar-refractivity contribution in [2.24, 2.45) is 0 Å². The average molecular weight is 515 g/mol. The van der Waals surface area contributed by atoms with Crippen molar-refractivity contribution < 1.29 is 14.3 Å². The first-order chi connectivity index (χ1) is 18.4. The number of carbonyl (C=O) groups excluding carboxylic acids is 1. The van der Waals surface area contributed by atoms with Gasteiger partial charge >= 0.3 is 5.97 Å². The first kappa shape index (κ1) is 25.4. The first-order valence-corrected chi connectivity index (χ1v) is 12.8. The van der Waals surface area contributed by atoms with Crippen molar-refractivity contribution in [2.75, 3.05) is 23.9 Å². The molecule has 2 aromatic carbocycles. The molecular weight excluding hydrogens is 484 g/mol. The lowest BCUT2D eigenvalue weighted by atomic mass is 9.99. The topological polar surface area (TPSA) is 111 Å². The number of aromatic nitrogens is 2. The summed E-state index contributed by atoms with van der Waals surface area (Å²) in [6.45, 7) is 4.67. The maximum absolute atomic E-state index is 12.6. The number of benzene rings is 1. The van der Waals surface area contributed by atoms with Gasteiger partial charge in [0, 0.05) is 37.1 Å². The Bertz CT molecular complexity index is 1540. The fraction of sp³-hybridized carbons (Fsp3) is 0.345. The first-order valence-electron chi connectivity index (χ1n) is 12.8. The van der Waals surface area contributed by atoms with Crippen LogP contribution in [0.25, 0.3) is 10.8 Å². The van der Waals surface area contributed by atoms with E-state index < -0.39 is 22.9 Å². The third-order valence-corrected chi connectivity index (χ3v) is 7.08. The van der Waals surface area contributed by atoms with Crippen LogP contribution < -0.4 is 25.8 Å². The van der Waals surface area contributed by atoms with Crippen molar-refractivity contribution >= 4 is 28.1 Å². The average Bonchev–Trinajstić information content (AvgIpc) is 2.93. The summed E-state index contributed by atoms with van der Waals surface area (Å²) in [5, 5.41) is 4.82. The van der Waals surface area contributed by atoms with Crippen molar-refractivity contribution in [1.82, 2.24) is 9.97 Å². The Labute approximate surface area is 220 Å². The van der Waals surface area contributed by atoms with Crippen molar-refractivity contribution in [3.05, 3.63) is 80.5 Å². The van der Waals surface area contributed by atoms with Crippen molar-refractivity contribution in [2.45, 2.75) is 51.6 Å². The highest BCUT2D eigenvalue weighted by Gasteiger charge is 2.33. The van der Waals surface area contributed by atoms with E-state index in [2.05, 4.69) is 15.3 Å². The molecular formula is C29H30N4O5. The quantitative estimate of drug-likeness (QED) is 0.276. The molecule has 2 atom stereocenters. The lowest BCUT2D eigenvalue weighted by molar-refractivity contribution is -0.141. The molecule has 0 saturated carbocycles. The summed E-state index contributed by atoms with van der Waals surface area (Å²) in [5.74, 6) is 0.539. The van der Waals surface area contributed by atoms with E-state index in [1.807, 2.05) is 43.0 Å². The molecule has 38 heavy (non-hydrogen) atoms. The molecule has 196 valence electrons. The Balaban J connectivity index is 1.34. The third-order valence-electron chi connectivity index (χ3n) is 7.08. The van der Waals surface area contributed by atoms with E-state index in [9.17, 15) is 14.4 Å². The molecule has 0 bridgehead atoms. The third kappa shape index (κ3) is 4.96. The number of hydrogen-bond acceptors (Lipinski definition) is 9. The highest BCUT2D eigenvalue weighted by atomic mass is 16.5. The second-order valence-corrected chi connectivity index (χ2v) is 9.76. The lowest BCUT2D eigenvalue weighted by Crippen LogP contribution is -2.49. The monoisotopic (exact) mass is 514 g/mol. The van der Waals surface area contributed by atoms with E-state index in [1.165, 1.54) is 7.11 Å². The number of nitrogens with one attached hydrogen (secondary N) is 1. The van der Waals surface area contributed by atoms with Crippen LogP contribution in [0.5, 0.6) is 11.6 Å². The van der Waals surface area contributed by atoms with Gasteiger partial charge in [-0.2, -0.15) is 0 Å². The van der Waals surface area contributed by atoms with Crippen LogP contribution in [0.3, 0.4) is 0 Å². The molecule has 1 N–H and O–H groups in total. The van der Waals surface area contributed by atoms with Crippen LogP contribution in [0.4, 0.5) is 11.4 Å². The van der Waals surface area contributed by atoms with Gasteiger partial charge in [-0.05, 0) is 68.3 Å². The highest BCUT2D eigenvalue weighted by Crippen LogP contribution is 2.30. The molecule has 4 aromatic rings. The molecule has 1 fully saturated rings. The predicted molar refractivity (Wildman–Crippen MR) is 146 cm³/mol. The van der Waals surface area contributed by atoms with Gasteiger partial charge in [0.05, 0.1) is 12.5 Å². The summed E-state index contributed by atoms with van der Waals surface area (Å²) in [5.41, 5.74) is 1.15. The molecule has 5 rings (SSSR count). The Kier molecular flexibility index (Phi) is 7.09. The summed E-state index contributed by atoms with van der Waals surface area (Å²) in [4.78, 5) is 48.2. The van der Waals surface area contributed by atoms with Crippen LogP contribution in [0.2, 0.25) is 0 Å². The summed E-state index contributed by atoms with van der Waals surface area (Å²) >= 11 is 0. The van der Waals surface area contributed by atoms with E-state index in [4.69, 9.17) is 9.47 Å². The van der Waals surface area contributed by atoms with Gasteiger partial charge in [-0.3, -0.25) is 14.6 Å². The van der Waals surface area contributed by atoms with E-state index in [0.717, 1.165) is 41.3 Å². The van der Waals surface area contributed by atoms with Crippen LogP contribution in [-0.2, 0) is 16.0 Å². The number of hydrogen-bond donors (Lipinski definition) is 1. The van der Waals surface area contributed by atoms with Gasteiger partial charge in [-0.1, -0.05) is 12.1 Å². The number of esters is 1. The van der Waals surface area contributed by atoms with Crippen LogP contribution >= 0.6 is 0 Å². The van der Waals surface area contributed by atoms with Crippen LogP contribution in [0.15, 0.2) is 58.4 Å². The summed E-state index contributed by atoms with van der Waals surface area (Å²) in [6.07, 6.45) is 6.71. The number of pyridine rings is 2. The van der Waals surface area contributed by atoms with E-state index in [-0.39, 0.29) is 18.2 Å². The molecule has 9 nitrogen and oxygen atoms in total. The van der Waals surface area contributed by atoms with Crippen LogP contribution in [-0.4, -0.2) is 41.7 Å². The summed E-state index contributed by atoms with van der Waals surface area (Å²) in [7, 11) is 1.30. The number of anilines is 2. The molecule has 2 aromatic heterocycles. The minimum atomic E-state index is -0.831. The maximum atomic E-state index is 12.6. The van der Waals surface area contributed by atoms with E-state index >= 15 is 0 Å². The van der Waals surface area contributed by atoms with Crippen LogP contribution in [0.1, 0.15) is 37.4 Å².